The molecule has 0 radical (unpaired) electrons. The second-order valence-electron chi connectivity index (χ2n) is 4.40. The maximum atomic E-state index is 12.9. The molecule has 1 heterocycles. The Balaban J connectivity index is 1.88. The average molecular weight is 268 g/mol. The molecule has 0 saturated carbocycles. The molecule has 0 fully saturated rings. The van der Waals surface area contributed by atoms with E-state index < -0.39 is 0 Å². The summed E-state index contributed by atoms with van der Waals surface area (Å²) in [5, 5.41) is 0. The molecule has 100 valence electrons. The molecule has 0 N–H and O–H groups in total. The van der Waals surface area contributed by atoms with Gasteiger partial charge in [-0.3, -0.25) is 0 Å². The zero-order chi connectivity index (χ0) is 13.9. The van der Waals surface area contributed by atoms with E-state index in [1.54, 1.807) is 18.3 Å². The van der Waals surface area contributed by atoms with Gasteiger partial charge in [0, 0.05) is 18.5 Å². The van der Waals surface area contributed by atoms with Crippen molar-refractivity contribution in [3.05, 3.63) is 72.6 Å². The topological polar surface area (TPSA) is 27.1 Å². The number of hydrogen-bond donors (Lipinski definition) is 0. The summed E-state index contributed by atoms with van der Waals surface area (Å²) in [6, 6.07) is 13.6. The maximum Gasteiger partial charge on any atom is 0.129 e. The van der Waals surface area contributed by atoms with Crippen molar-refractivity contribution in [2.75, 3.05) is 0 Å². The Labute approximate surface area is 116 Å². The van der Waals surface area contributed by atoms with Crippen molar-refractivity contribution in [3.63, 3.8) is 0 Å². The number of benzene rings is 2. The van der Waals surface area contributed by atoms with Gasteiger partial charge in [0.15, 0.2) is 0 Å². The van der Waals surface area contributed by atoms with E-state index in [0.29, 0.717) is 11.5 Å². The van der Waals surface area contributed by atoms with E-state index in [4.69, 9.17) is 4.74 Å². The third-order valence-electron chi connectivity index (χ3n) is 2.97. The molecule has 0 aliphatic carbocycles. The van der Waals surface area contributed by atoms with Crippen LogP contribution in [0.1, 0.15) is 5.82 Å². The highest BCUT2D eigenvalue weighted by atomic mass is 19.1. The van der Waals surface area contributed by atoms with Crippen LogP contribution in [0.5, 0.6) is 11.5 Å². The highest BCUT2D eigenvalue weighted by Crippen LogP contribution is 2.24. The highest BCUT2D eigenvalue weighted by molar-refractivity contribution is 5.42. The summed E-state index contributed by atoms with van der Waals surface area (Å²) in [4.78, 5) is 4.20. The van der Waals surface area contributed by atoms with Crippen molar-refractivity contribution < 1.29 is 9.13 Å². The van der Waals surface area contributed by atoms with Gasteiger partial charge in [0.1, 0.15) is 23.1 Å². The van der Waals surface area contributed by atoms with Crippen molar-refractivity contribution in [2.45, 2.75) is 6.92 Å². The first-order valence-corrected chi connectivity index (χ1v) is 6.26. The first-order chi connectivity index (χ1) is 9.72. The first kappa shape index (κ1) is 12.4. The summed E-state index contributed by atoms with van der Waals surface area (Å²) < 4.78 is 20.5. The lowest BCUT2D eigenvalue weighted by Crippen LogP contribution is -1.95. The maximum absolute atomic E-state index is 12.9. The van der Waals surface area contributed by atoms with Crippen LogP contribution in [0, 0.1) is 12.7 Å². The second-order valence-corrected chi connectivity index (χ2v) is 4.40. The molecule has 0 aliphatic heterocycles. The molecule has 0 spiro atoms. The second kappa shape index (κ2) is 5.17. The summed E-state index contributed by atoms with van der Waals surface area (Å²) in [7, 11) is 0. The molecular weight excluding hydrogens is 255 g/mol. The molecule has 2 aromatic carbocycles. The molecule has 1 aromatic heterocycles. The number of halogens is 1. The zero-order valence-electron chi connectivity index (χ0n) is 11.0. The molecule has 0 saturated heterocycles. The summed E-state index contributed by atoms with van der Waals surface area (Å²) in [5.74, 6) is 1.93. The number of hydrogen-bond acceptors (Lipinski definition) is 2. The van der Waals surface area contributed by atoms with Gasteiger partial charge in [-0.05, 0) is 43.3 Å². The monoisotopic (exact) mass is 268 g/mol. The van der Waals surface area contributed by atoms with Gasteiger partial charge in [-0.15, -0.1) is 0 Å². The van der Waals surface area contributed by atoms with Crippen molar-refractivity contribution in [3.8, 4) is 17.2 Å². The van der Waals surface area contributed by atoms with E-state index >= 15 is 0 Å². The fourth-order valence-corrected chi connectivity index (χ4v) is 1.99. The van der Waals surface area contributed by atoms with Gasteiger partial charge in [-0.2, -0.15) is 0 Å². The normalized spacial score (nSPS) is 10.5. The van der Waals surface area contributed by atoms with Crippen LogP contribution in [0.3, 0.4) is 0 Å². The van der Waals surface area contributed by atoms with Crippen molar-refractivity contribution in [1.82, 2.24) is 9.55 Å². The summed E-state index contributed by atoms with van der Waals surface area (Å²) >= 11 is 0. The van der Waals surface area contributed by atoms with Crippen LogP contribution in [0.15, 0.2) is 60.9 Å². The molecule has 20 heavy (non-hydrogen) atoms. The Hall–Kier alpha value is -2.62. The van der Waals surface area contributed by atoms with Crippen molar-refractivity contribution in [1.29, 1.82) is 0 Å². The van der Waals surface area contributed by atoms with Gasteiger partial charge >= 0.3 is 0 Å². The van der Waals surface area contributed by atoms with E-state index in [1.807, 2.05) is 42.0 Å². The van der Waals surface area contributed by atoms with Gasteiger partial charge in [-0.1, -0.05) is 6.07 Å². The zero-order valence-corrected chi connectivity index (χ0v) is 11.0. The molecule has 0 atom stereocenters. The first-order valence-electron chi connectivity index (χ1n) is 6.26. The predicted octanol–water partition coefficient (Wildman–Crippen LogP) is 4.11. The third-order valence-corrected chi connectivity index (χ3v) is 2.97. The number of nitrogens with zero attached hydrogens (tertiary/aromatic N) is 2. The Morgan fingerprint density at radius 1 is 1.05 bits per heavy atom. The van der Waals surface area contributed by atoms with Crippen LogP contribution in [-0.2, 0) is 0 Å². The Morgan fingerprint density at radius 3 is 2.55 bits per heavy atom. The van der Waals surface area contributed by atoms with Crippen LogP contribution in [-0.4, -0.2) is 9.55 Å². The molecule has 0 bridgehead atoms. The number of aromatic nitrogens is 2. The highest BCUT2D eigenvalue weighted by Gasteiger charge is 2.03. The van der Waals surface area contributed by atoms with Gasteiger partial charge in [0.2, 0.25) is 0 Å². The fourth-order valence-electron chi connectivity index (χ4n) is 1.99. The number of ether oxygens (including phenoxy) is 1. The molecular formula is C16H13FN2O. The predicted molar refractivity (Wildman–Crippen MR) is 74.8 cm³/mol. The van der Waals surface area contributed by atoms with Crippen LogP contribution in [0.25, 0.3) is 5.69 Å². The smallest absolute Gasteiger partial charge is 0.129 e. The van der Waals surface area contributed by atoms with E-state index in [-0.39, 0.29) is 5.82 Å². The Bertz CT molecular complexity index is 719. The summed E-state index contributed by atoms with van der Waals surface area (Å²) in [6.07, 6.45) is 3.65. The summed E-state index contributed by atoms with van der Waals surface area (Å²) in [6.45, 7) is 1.94. The van der Waals surface area contributed by atoms with Gasteiger partial charge < -0.3 is 9.30 Å². The lowest BCUT2D eigenvalue weighted by molar-refractivity contribution is 0.480. The Morgan fingerprint density at radius 2 is 1.85 bits per heavy atom. The molecule has 0 unspecified atom stereocenters. The van der Waals surface area contributed by atoms with Gasteiger partial charge in [-0.25, -0.2) is 9.37 Å². The van der Waals surface area contributed by atoms with E-state index in [2.05, 4.69) is 4.98 Å². The SMILES string of the molecule is Cc1nccn1-c1cccc(Oc2ccc(F)cc2)c1. The molecule has 0 amide bonds. The van der Waals surface area contributed by atoms with Gasteiger partial charge in [0.25, 0.3) is 0 Å². The fraction of sp³-hybridized carbons (Fsp3) is 0.0625. The lowest BCUT2D eigenvalue weighted by atomic mass is 10.3. The van der Waals surface area contributed by atoms with E-state index in [1.165, 1.54) is 12.1 Å². The molecule has 3 nitrogen and oxygen atoms in total. The van der Waals surface area contributed by atoms with Crippen molar-refractivity contribution in [2.24, 2.45) is 0 Å². The third kappa shape index (κ3) is 2.54. The quantitative estimate of drug-likeness (QED) is 0.714. The molecule has 3 rings (SSSR count). The largest absolute Gasteiger partial charge is 0.457 e. The van der Waals surface area contributed by atoms with Crippen molar-refractivity contribution >= 4 is 0 Å². The van der Waals surface area contributed by atoms with Crippen LogP contribution < -0.4 is 4.74 Å². The minimum atomic E-state index is -0.278. The number of imidazole rings is 1. The van der Waals surface area contributed by atoms with Crippen LogP contribution in [0.4, 0.5) is 4.39 Å². The summed E-state index contributed by atoms with van der Waals surface area (Å²) in [5.41, 5.74) is 0.972. The lowest BCUT2D eigenvalue weighted by Gasteiger charge is -2.09. The number of aryl methyl sites for hydroxylation is 1. The molecule has 3 aromatic rings. The standard InChI is InChI=1S/C16H13FN2O/c1-12-18-9-10-19(12)14-3-2-4-16(11-14)20-15-7-5-13(17)6-8-15/h2-11H,1H3. The molecule has 0 aliphatic rings. The minimum absolute atomic E-state index is 0.278. The minimum Gasteiger partial charge on any atom is -0.457 e. The van der Waals surface area contributed by atoms with E-state index in [9.17, 15) is 4.39 Å². The van der Waals surface area contributed by atoms with Crippen LogP contribution in [0.2, 0.25) is 0 Å². The average Bonchev–Trinajstić information content (AvgIpc) is 2.88. The van der Waals surface area contributed by atoms with Gasteiger partial charge in [0.05, 0.1) is 5.69 Å². The van der Waals surface area contributed by atoms with Crippen LogP contribution >= 0.6 is 0 Å². The molecule has 4 heteroatoms. The number of rotatable bonds is 3. The Kier molecular flexibility index (Phi) is 3.21. The van der Waals surface area contributed by atoms with E-state index in [0.717, 1.165) is 11.5 Å².